The molecule has 2 heterocycles. The molecule has 4 rings (SSSR count). The second-order valence-corrected chi connectivity index (χ2v) is 7.67. The van der Waals surface area contributed by atoms with Crippen LogP contribution in [0.3, 0.4) is 0 Å². The van der Waals surface area contributed by atoms with Crippen LogP contribution in [0.4, 0.5) is 11.4 Å². The number of anilines is 1. The predicted octanol–water partition coefficient (Wildman–Crippen LogP) is 4.80. The number of nitrogens with zero attached hydrogens (tertiary/aromatic N) is 3. The van der Waals surface area contributed by atoms with Gasteiger partial charge in [0.1, 0.15) is 5.75 Å². The summed E-state index contributed by atoms with van der Waals surface area (Å²) in [5, 5.41) is 20.1. The molecule has 1 unspecified atom stereocenters. The second-order valence-electron chi connectivity index (χ2n) is 7.67. The van der Waals surface area contributed by atoms with Crippen LogP contribution in [0.25, 0.3) is 6.08 Å². The van der Waals surface area contributed by atoms with Crippen molar-refractivity contribution in [2.45, 2.75) is 37.8 Å². The number of non-ortho nitro benzene ring substituents is 1. The van der Waals surface area contributed by atoms with Crippen molar-refractivity contribution in [3.8, 4) is 11.8 Å². The van der Waals surface area contributed by atoms with Crippen molar-refractivity contribution >= 4 is 17.5 Å². The molecule has 0 saturated heterocycles. The number of hydrogen-bond acceptors (Lipinski definition) is 5. The third-order valence-corrected chi connectivity index (χ3v) is 5.79. The number of fused-ring (bicyclic) bond motifs is 2. The van der Waals surface area contributed by atoms with Gasteiger partial charge in [0, 0.05) is 36.3 Å². The van der Waals surface area contributed by atoms with Crippen LogP contribution in [0.5, 0.6) is 5.75 Å². The summed E-state index contributed by atoms with van der Waals surface area (Å²) >= 11 is 0. The number of unbranched alkanes of at least 4 members (excludes halogenated alkanes) is 1. The summed E-state index contributed by atoms with van der Waals surface area (Å²) < 4.78 is 6.59. The molecule has 2 aliphatic rings. The Morgan fingerprint density at radius 1 is 1.25 bits per heavy atom. The predicted molar refractivity (Wildman–Crippen MR) is 107 cm³/mol. The summed E-state index contributed by atoms with van der Waals surface area (Å²) in [7, 11) is 0. The number of nitro groups is 1. The van der Waals surface area contributed by atoms with E-state index in [1.54, 1.807) is 6.07 Å². The molecule has 0 aromatic heterocycles. The molecular weight excluding hydrogens is 354 g/mol. The van der Waals surface area contributed by atoms with Crippen LogP contribution in [0, 0.1) is 21.4 Å². The van der Waals surface area contributed by atoms with Crippen molar-refractivity contribution in [3.05, 3.63) is 69.8 Å². The first-order valence-corrected chi connectivity index (χ1v) is 9.31. The average Bonchev–Trinajstić information content (AvgIpc) is 2.86. The summed E-state index contributed by atoms with van der Waals surface area (Å²) in [6, 6.07) is 15.1. The normalized spacial score (nSPS) is 21.0. The molecule has 2 aromatic carbocycles. The topological polar surface area (TPSA) is 79.4 Å². The van der Waals surface area contributed by atoms with Gasteiger partial charge in [-0.15, -0.1) is 0 Å². The zero-order valence-corrected chi connectivity index (χ0v) is 15.9. The molecule has 2 aromatic rings. The highest BCUT2D eigenvalue weighted by molar-refractivity contribution is 5.73. The van der Waals surface area contributed by atoms with Gasteiger partial charge in [0.25, 0.3) is 5.69 Å². The van der Waals surface area contributed by atoms with E-state index in [9.17, 15) is 10.1 Å². The molecule has 1 atom stereocenters. The number of para-hydroxylation sites is 1. The van der Waals surface area contributed by atoms with Gasteiger partial charge in [-0.1, -0.05) is 18.2 Å². The van der Waals surface area contributed by atoms with Gasteiger partial charge in [0.15, 0.2) is 0 Å². The fourth-order valence-electron chi connectivity index (χ4n) is 4.31. The zero-order valence-electron chi connectivity index (χ0n) is 15.9. The van der Waals surface area contributed by atoms with Crippen LogP contribution in [0.15, 0.2) is 48.5 Å². The molecule has 0 fully saturated rings. The number of ether oxygens (including phenoxy) is 1. The van der Waals surface area contributed by atoms with E-state index >= 15 is 0 Å². The van der Waals surface area contributed by atoms with Gasteiger partial charge >= 0.3 is 0 Å². The molecule has 0 radical (unpaired) electrons. The van der Waals surface area contributed by atoms with Crippen molar-refractivity contribution < 1.29 is 9.66 Å². The summed E-state index contributed by atoms with van der Waals surface area (Å²) in [5.74, 6) is 0.624. The Kier molecular flexibility index (Phi) is 4.11. The first-order chi connectivity index (χ1) is 13.4. The summed E-state index contributed by atoms with van der Waals surface area (Å²) in [6.07, 6.45) is 5.12. The van der Waals surface area contributed by atoms with Crippen molar-refractivity contribution in [2.24, 2.45) is 0 Å². The van der Waals surface area contributed by atoms with E-state index in [1.807, 2.05) is 24.3 Å². The molecule has 142 valence electrons. The maximum absolute atomic E-state index is 11.1. The maximum atomic E-state index is 11.1. The lowest BCUT2D eigenvalue weighted by atomic mass is 9.76. The molecule has 28 heavy (non-hydrogen) atoms. The molecule has 0 N–H and O–H groups in total. The number of nitro benzene ring substituents is 1. The average molecular weight is 375 g/mol. The standard InChI is InChI=1S/C22H21N3O3/c1-21(2)18-7-3-4-8-19(18)24(14-6-5-13-23)22(21)12-11-16-15-17(25(26)27)9-10-20(16)28-22/h3-4,7-12,15H,5-6,14H2,1-2H3. The SMILES string of the molecule is CC1(C)c2ccccc2N(CCCC#N)C12C=Cc1cc([N+](=O)[O-])ccc1O2. The Morgan fingerprint density at radius 3 is 2.79 bits per heavy atom. The van der Waals surface area contributed by atoms with Crippen LogP contribution < -0.4 is 9.64 Å². The quantitative estimate of drug-likeness (QED) is 0.436. The largest absolute Gasteiger partial charge is 0.463 e. The smallest absolute Gasteiger partial charge is 0.270 e. The number of hydrogen-bond donors (Lipinski definition) is 0. The van der Waals surface area contributed by atoms with E-state index in [1.165, 1.54) is 17.7 Å². The Bertz CT molecular complexity index is 1020. The van der Waals surface area contributed by atoms with Crippen molar-refractivity contribution in [2.75, 3.05) is 11.4 Å². The van der Waals surface area contributed by atoms with Crippen molar-refractivity contribution in [1.29, 1.82) is 5.26 Å². The Labute approximate surface area is 163 Å². The van der Waals surface area contributed by atoms with Crippen LogP contribution in [-0.2, 0) is 5.41 Å². The summed E-state index contributed by atoms with van der Waals surface area (Å²) in [5.41, 5.74) is 1.91. The van der Waals surface area contributed by atoms with Crippen molar-refractivity contribution in [1.82, 2.24) is 0 Å². The summed E-state index contributed by atoms with van der Waals surface area (Å²) in [4.78, 5) is 12.9. The van der Waals surface area contributed by atoms with Crippen LogP contribution in [0.1, 0.15) is 37.8 Å². The van der Waals surface area contributed by atoms with Gasteiger partial charge in [-0.05, 0) is 50.1 Å². The molecule has 6 heteroatoms. The van der Waals surface area contributed by atoms with E-state index in [-0.39, 0.29) is 11.1 Å². The second kappa shape index (κ2) is 6.38. The van der Waals surface area contributed by atoms with E-state index in [4.69, 9.17) is 10.00 Å². The Balaban J connectivity index is 1.81. The third-order valence-electron chi connectivity index (χ3n) is 5.79. The minimum atomic E-state index is -0.755. The number of benzene rings is 2. The van der Waals surface area contributed by atoms with Gasteiger partial charge in [-0.2, -0.15) is 5.26 Å². The van der Waals surface area contributed by atoms with Gasteiger partial charge in [-0.3, -0.25) is 10.1 Å². The minimum absolute atomic E-state index is 0.0443. The molecule has 0 saturated carbocycles. The molecule has 0 aliphatic carbocycles. The summed E-state index contributed by atoms with van der Waals surface area (Å²) in [6.45, 7) is 4.98. The lowest BCUT2D eigenvalue weighted by Crippen LogP contribution is -2.59. The maximum Gasteiger partial charge on any atom is 0.270 e. The van der Waals surface area contributed by atoms with Crippen LogP contribution in [0.2, 0.25) is 0 Å². The van der Waals surface area contributed by atoms with E-state index in [0.717, 1.165) is 12.1 Å². The van der Waals surface area contributed by atoms with Crippen LogP contribution in [-0.4, -0.2) is 17.2 Å². The van der Waals surface area contributed by atoms with E-state index in [0.29, 0.717) is 24.3 Å². The van der Waals surface area contributed by atoms with E-state index in [2.05, 4.69) is 36.9 Å². The first-order valence-electron chi connectivity index (χ1n) is 9.31. The minimum Gasteiger partial charge on any atom is -0.463 e. The Morgan fingerprint density at radius 2 is 2.04 bits per heavy atom. The lowest BCUT2D eigenvalue weighted by Gasteiger charge is -2.47. The van der Waals surface area contributed by atoms with Crippen molar-refractivity contribution in [3.63, 3.8) is 0 Å². The first kappa shape index (κ1) is 18.1. The molecule has 6 nitrogen and oxygen atoms in total. The highest BCUT2D eigenvalue weighted by Crippen LogP contribution is 2.55. The Hall–Kier alpha value is -3.33. The highest BCUT2D eigenvalue weighted by atomic mass is 16.6. The number of rotatable bonds is 4. The third kappa shape index (κ3) is 2.47. The zero-order chi connectivity index (χ0) is 19.9. The van der Waals surface area contributed by atoms with E-state index < -0.39 is 10.6 Å². The van der Waals surface area contributed by atoms with Gasteiger partial charge in [0.05, 0.1) is 16.4 Å². The molecular formula is C22H21N3O3. The fraction of sp³-hybridized carbons (Fsp3) is 0.318. The van der Waals surface area contributed by atoms with Gasteiger partial charge < -0.3 is 9.64 Å². The molecule has 0 bridgehead atoms. The van der Waals surface area contributed by atoms with Gasteiger partial charge in [-0.25, -0.2) is 0 Å². The fourth-order valence-corrected chi connectivity index (χ4v) is 4.31. The highest BCUT2D eigenvalue weighted by Gasteiger charge is 2.58. The van der Waals surface area contributed by atoms with Crippen LogP contribution >= 0.6 is 0 Å². The lowest BCUT2D eigenvalue weighted by molar-refractivity contribution is -0.384. The monoisotopic (exact) mass is 375 g/mol. The molecule has 0 amide bonds. The molecule has 1 spiro atoms. The van der Waals surface area contributed by atoms with Gasteiger partial charge in [0.2, 0.25) is 5.72 Å². The molecule has 2 aliphatic heterocycles. The number of nitriles is 1.